The number of furan rings is 1. The molecule has 2 heterocycles. The summed E-state index contributed by atoms with van der Waals surface area (Å²) in [6.07, 6.45) is 1.28. The monoisotopic (exact) mass is 307 g/mol. The van der Waals surface area contributed by atoms with Crippen LogP contribution in [0.5, 0.6) is 0 Å². The summed E-state index contributed by atoms with van der Waals surface area (Å²) in [7, 11) is 1.54. The summed E-state index contributed by atoms with van der Waals surface area (Å²) >= 11 is 0. The van der Waals surface area contributed by atoms with E-state index in [-0.39, 0.29) is 41.1 Å². The summed E-state index contributed by atoms with van der Waals surface area (Å²) in [5.41, 5.74) is -0.110. The van der Waals surface area contributed by atoms with E-state index in [1.165, 1.54) is 17.9 Å². The van der Waals surface area contributed by atoms with Gasteiger partial charge in [0, 0.05) is 20.0 Å². The van der Waals surface area contributed by atoms with Crippen LogP contribution >= 0.6 is 0 Å². The quantitative estimate of drug-likeness (QED) is 0.839. The first-order valence-corrected chi connectivity index (χ1v) is 6.76. The van der Waals surface area contributed by atoms with E-state index in [1.54, 1.807) is 13.8 Å². The number of fused-ring (bicyclic) bond motifs is 1. The minimum Gasteiger partial charge on any atom is -0.481 e. The summed E-state index contributed by atoms with van der Waals surface area (Å²) < 4.78 is 6.61. The van der Waals surface area contributed by atoms with Crippen molar-refractivity contribution in [3.63, 3.8) is 0 Å². The third kappa shape index (κ3) is 3.00. The van der Waals surface area contributed by atoms with E-state index < -0.39 is 11.9 Å². The highest BCUT2D eigenvalue weighted by Crippen LogP contribution is 2.20. The van der Waals surface area contributed by atoms with E-state index >= 15 is 0 Å². The first-order chi connectivity index (χ1) is 10.3. The summed E-state index contributed by atoms with van der Waals surface area (Å²) in [5.74, 6) is -1.32. The second-order valence-corrected chi connectivity index (χ2v) is 5.29. The lowest BCUT2D eigenvalue weighted by Crippen LogP contribution is -2.30. The van der Waals surface area contributed by atoms with Crippen molar-refractivity contribution in [3.05, 3.63) is 28.0 Å². The van der Waals surface area contributed by atoms with Crippen LogP contribution in [0.4, 0.5) is 0 Å². The van der Waals surface area contributed by atoms with E-state index in [2.05, 4.69) is 10.3 Å². The number of carbonyl (C=O) groups excluding carboxylic acids is 1. The van der Waals surface area contributed by atoms with Gasteiger partial charge in [-0.15, -0.1) is 0 Å². The normalized spacial score (nSPS) is 12.3. The number of carbonyl (C=O) groups is 2. The second-order valence-electron chi connectivity index (χ2n) is 5.29. The molecule has 2 aromatic heterocycles. The number of aliphatic carboxylic acids is 1. The minimum absolute atomic E-state index is 0.0469. The van der Waals surface area contributed by atoms with Gasteiger partial charge in [0.1, 0.15) is 17.5 Å². The first-order valence-electron chi connectivity index (χ1n) is 6.76. The fourth-order valence-corrected chi connectivity index (χ4v) is 2.19. The molecule has 0 aliphatic carbocycles. The highest BCUT2D eigenvalue weighted by molar-refractivity contribution is 6.06. The molecule has 2 aromatic rings. The van der Waals surface area contributed by atoms with Crippen LogP contribution < -0.4 is 10.9 Å². The summed E-state index contributed by atoms with van der Waals surface area (Å²) in [6.45, 7) is 3.49. The molecule has 8 nitrogen and oxygen atoms in total. The lowest BCUT2D eigenvalue weighted by atomic mass is 10.1. The molecule has 0 aliphatic heterocycles. The van der Waals surface area contributed by atoms with Gasteiger partial charge in [-0.3, -0.25) is 14.4 Å². The molecule has 0 bridgehead atoms. The topological polar surface area (TPSA) is 114 Å². The second kappa shape index (κ2) is 6.00. The molecular weight excluding hydrogens is 290 g/mol. The molecule has 22 heavy (non-hydrogen) atoms. The van der Waals surface area contributed by atoms with Crippen LogP contribution in [-0.2, 0) is 11.8 Å². The number of hydrogen-bond donors (Lipinski definition) is 2. The van der Waals surface area contributed by atoms with E-state index in [9.17, 15) is 14.4 Å². The van der Waals surface area contributed by atoms with E-state index in [4.69, 9.17) is 9.52 Å². The van der Waals surface area contributed by atoms with Crippen LogP contribution in [0.25, 0.3) is 11.1 Å². The van der Waals surface area contributed by atoms with Crippen molar-refractivity contribution in [2.75, 3.05) is 6.54 Å². The average molecular weight is 307 g/mol. The molecular formula is C14H17N3O5. The van der Waals surface area contributed by atoms with E-state index in [0.717, 1.165) is 0 Å². The average Bonchev–Trinajstić information content (AvgIpc) is 2.77. The van der Waals surface area contributed by atoms with E-state index in [0.29, 0.717) is 5.76 Å². The maximum Gasteiger partial charge on any atom is 0.303 e. The zero-order valence-electron chi connectivity index (χ0n) is 12.5. The Labute approximate surface area is 125 Å². The van der Waals surface area contributed by atoms with Crippen molar-refractivity contribution in [2.45, 2.75) is 20.3 Å². The highest BCUT2D eigenvalue weighted by Gasteiger charge is 2.22. The molecule has 0 spiro atoms. The van der Waals surface area contributed by atoms with Crippen LogP contribution in [0, 0.1) is 12.8 Å². The maximum atomic E-state index is 12.3. The third-order valence-corrected chi connectivity index (χ3v) is 3.31. The van der Waals surface area contributed by atoms with Crippen molar-refractivity contribution in [3.8, 4) is 0 Å². The molecule has 0 saturated carbocycles. The lowest BCUT2D eigenvalue weighted by Gasteiger charge is -2.10. The summed E-state index contributed by atoms with van der Waals surface area (Å²) in [4.78, 5) is 39.0. The van der Waals surface area contributed by atoms with Gasteiger partial charge in [-0.05, 0) is 12.8 Å². The van der Waals surface area contributed by atoms with Crippen molar-refractivity contribution in [2.24, 2.45) is 13.0 Å². The number of carboxylic acid groups (broad SMARTS) is 1. The molecule has 0 saturated heterocycles. The Bertz CT molecular complexity index is 790. The molecule has 2 rings (SSSR count). The molecule has 2 N–H and O–H groups in total. The summed E-state index contributed by atoms with van der Waals surface area (Å²) in [5, 5.41) is 11.5. The molecule has 0 aliphatic rings. The van der Waals surface area contributed by atoms with Gasteiger partial charge >= 0.3 is 5.97 Å². The largest absolute Gasteiger partial charge is 0.481 e. The molecule has 1 unspecified atom stereocenters. The molecule has 0 aromatic carbocycles. The SMILES string of the molecule is Cc1oc2ncn(C)c(=O)c2c1C(=O)NCC(C)CC(=O)O. The Hall–Kier alpha value is -2.64. The first kappa shape index (κ1) is 15.7. The summed E-state index contributed by atoms with van der Waals surface area (Å²) in [6, 6.07) is 0. The fourth-order valence-electron chi connectivity index (χ4n) is 2.19. The van der Waals surface area contributed by atoms with Crippen LogP contribution in [0.3, 0.4) is 0 Å². The Balaban J connectivity index is 2.29. The number of nitrogens with one attached hydrogen (secondary N) is 1. The van der Waals surface area contributed by atoms with Gasteiger partial charge in [-0.2, -0.15) is 0 Å². The maximum absolute atomic E-state index is 12.3. The van der Waals surface area contributed by atoms with Crippen LogP contribution in [0.15, 0.2) is 15.5 Å². The van der Waals surface area contributed by atoms with E-state index in [1.807, 2.05) is 0 Å². The van der Waals surface area contributed by atoms with Crippen LogP contribution in [0.1, 0.15) is 29.5 Å². The minimum atomic E-state index is -0.926. The molecule has 1 atom stereocenters. The Morgan fingerprint density at radius 2 is 2.18 bits per heavy atom. The zero-order valence-corrected chi connectivity index (χ0v) is 12.5. The number of hydrogen-bond acceptors (Lipinski definition) is 5. The van der Waals surface area contributed by atoms with Crippen molar-refractivity contribution in [1.82, 2.24) is 14.9 Å². The van der Waals surface area contributed by atoms with Gasteiger partial charge < -0.3 is 19.4 Å². The predicted octanol–water partition coefficient (Wildman–Crippen LogP) is 0.676. The Kier molecular flexibility index (Phi) is 4.30. The standard InChI is InChI=1S/C14H17N3O5/c1-7(4-9(18)19)5-15-12(20)10-8(2)22-13-11(10)14(21)17(3)6-16-13/h6-7H,4-5H2,1-3H3,(H,15,20)(H,18,19). The van der Waals surface area contributed by atoms with Gasteiger partial charge in [-0.1, -0.05) is 6.92 Å². The van der Waals surface area contributed by atoms with Crippen molar-refractivity contribution >= 4 is 23.0 Å². The van der Waals surface area contributed by atoms with Crippen molar-refractivity contribution < 1.29 is 19.1 Å². The van der Waals surface area contributed by atoms with Gasteiger partial charge in [0.25, 0.3) is 11.5 Å². The number of aromatic nitrogens is 2. The fraction of sp³-hybridized carbons (Fsp3) is 0.429. The van der Waals surface area contributed by atoms with Gasteiger partial charge in [-0.25, -0.2) is 4.98 Å². The van der Waals surface area contributed by atoms with Crippen LogP contribution in [-0.4, -0.2) is 33.1 Å². The molecule has 1 amide bonds. The molecule has 118 valence electrons. The number of amides is 1. The van der Waals surface area contributed by atoms with Gasteiger partial charge in [0.05, 0.1) is 5.56 Å². The molecule has 0 fully saturated rings. The molecule has 8 heteroatoms. The van der Waals surface area contributed by atoms with Gasteiger partial charge in [0.15, 0.2) is 0 Å². The number of nitrogens with zero attached hydrogens (tertiary/aromatic N) is 2. The Morgan fingerprint density at radius 1 is 1.50 bits per heavy atom. The number of aryl methyl sites for hydroxylation is 2. The number of rotatable bonds is 5. The Morgan fingerprint density at radius 3 is 2.82 bits per heavy atom. The number of carboxylic acids is 1. The third-order valence-electron chi connectivity index (χ3n) is 3.31. The van der Waals surface area contributed by atoms with Crippen molar-refractivity contribution in [1.29, 1.82) is 0 Å². The zero-order chi connectivity index (χ0) is 16.4. The predicted molar refractivity (Wildman–Crippen MR) is 77.7 cm³/mol. The highest BCUT2D eigenvalue weighted by atomic mass is 16.4. The molecule has 0 radical (unpaired) electrons. The lowest BCUT2D eigenvalue weighted by molar-refractivity contribution is -0.137. The van der Waals surface area contributed by atoms with Gasteiger partial charge in [0.2, 0.25) is 5.71 Å². The smallest absolute Gasteiger partial charge is 0.303 e. The van der Waals surface area contributed by atoms with Crippen LogP contribution in [0.2, 0.25) is 0 Å².